The molecule has 68 heavy (non-hydrogen) atoms. The summed E-state index contributed by atoms with van der Waals surface area (Å²) in [5.41, 5.74) is 3.45. The Bertz CT molecular complexity index is 1970. The minimum atomic E-state index is -0.465. The highest BCUT2D eigenvalue weighted by atomic mass is 32.1. The normalized spacial score (nSPS) is 16.6. The van der Waals surface area contributed by atoms with Crippen LogP contribution in [0.4, 0.5) is 11.4 Å². The Morgan fingerprint density at radius 1 is 0.588 bits per heavy atom. The van der Waals surface area contributed by atoms with E-state index in [1.807, 2.05) is 98.2 Å². The highest BCUT2D eigenvalue weighted by Crippen LogP contribution is 2.32. The van der Waals surface area contributed by atoms with Crippen molar-refractivity contribution < 1.29 is 48.3 Å². The smallest absolute Gasteiger partial charge is 0.348 e. The predicted molar refractivity (Wildman–Crippen MR) is 275 cm³/mol. The Kier molecular flexibility index (Phi) is 25.2. The largest absolute Gasteiger partial charge is 0.459 e. The van der Waals surface area contributed by atoms with Crippen molar-refractivity contribution in [3.8, 4) is 0 Å². The van der Waals surface area contributed by atoms with Gasteiger partial charge in [0.1, 0.15) is 9.75 Å². The number of hydrogen-bond donors (Lipinski definition) is 2. The molecule has 2 aliphatic heterocycles. The van der Waals surface area contributed by atoms with Gasteiger partial charge in [0.2, 0.25) is 11.8 Å². The summed E-state index contributed by atoms with van der Waals surface area (Å²) in [6.07, 6.45) is 9.29. The summed E-state index contributed by atoms with van der Waals surface area (Å²) in [6.45, 7) is 13.2. The summed E-state index contributed by atoms with van der Waals surface area (Å²) >= 11 is 2.74. The van der Waals surface area contributed by atoms with Crippen LogP contribution in [0.1, 0.15) is 186 Å². The number of carbonyl (C=O) groups excluding carboxylic acids is 4. The summed E-state index contributed by atoms with van der Waals surface area (Å²) < 4.78 is 22.3. The molecule has 0 aliphatic carbocycles. The van der Waals surface area contributed by atoms with Crippen LogP contribution in [0.3, 0.4) is 0 Å². The predicted octanol–water partition coefficient (Wildman–Crippen LogP) is 12.6. The van der Waals surface area contributed by atoms with Crippen molar-refractivity contribution in [1.82, 2.24) is 0 Å². The minimum absolute atomic E-state index is 0. The first-order chi connectivity index (χ1) is 31.8. The van der Waals surface area contributed by atoms with Crippen LogP contribution >= 0.6 is 22.7 Å². The van der Waals surface area contributed by atoms with Crippen LogP contribution in [0.5, 0.6) is 0 Å². The van der Waals surface area contributed by atoms with E-state index >= 15 is 0 Å². The number of aliphatic hydroxyl groups is 2. The van der Waals surface area contributed by atoms with E-state index in [1.165, 1.54) is 22.7 Å². The molecule has 2 N–H and O–H groups in total. The van der Waals surface area contributed by atoms with Gasteiger partial charge in [0, 0.05) is 34.0 Å². The molecular formula is C54H78N2O10S2. The van der Waals surface area contributed by atoms with Crippen molar-refractivity contribution in [2.75, 3.05) is 23.0 Å². The lowest BCUT2D eigenvalue weighted by Gasteiger charge is -2.25. The lowest BCUT2D eigenvalue weighted by atomic mass is 10.0. The number of nitrogens with zero attached hydrogens (tertiary/aromatic N) is 2. The van der Waals surface area contributed by atoms with Crippen molar-refractivity contribution in [2.24, 2.45) is 0 Å². The summed E-state index contributed by atoms with van der Waals surface area (Å²) in [5, 5.41) is 20.8. The van der Waals surface area contributed by atoms with Crippen LogP contribution < -0.4 is 9.80 Å². The van der Waals surface area contributed by atoms with Crippen LogP contribution in [-0.2, 0) is 41.8 Å². The first-order valence-electron chi connectivity index (χ1n) is 23.7. The van der Waals surface area contributed by atoms with Gasteiger partial charge in [-0.05, 0) is 113 Å². The molecule has 2 fully saturated rings. The number of anilines is 2. The number of thiophene rings is 2. The molecule has 0 saturated carbocycles. The standard InChI is InChI=1S/2C26H35NO5S.2CH4/c2*1-4-5-6-7-23(28)19-8-10-20(11-9-19)27-21(12-15-25(27)29)16-31-17-22-13-14-24(33-22)26(30)32-18(2)3;;/h2*8-11,13-14,18,21,23,28H,4-7,12,15-17H2,1-3H3;2*1H4/t21-,23+;21-,23-;;/m11../s1. The van der Waals surface area contributed by atoms with Crippen molar-refractivity contribution in [2.45, 2.75) is 183 Å². The molecule has 2 amide bonds. The maximum atomic E-state index is 12.5. The van der Waals surface area contributed by atoms with Gasteiger partial charge in [-0.2, -0.15) is 0 Å². The van der Waals surface area contributed by atoms with Gasteiger partial charge in [-0.3, -0.25) is 9.59 Å². The van der Waals surface area contributed by atoms with Crippen molar-refractivity contribution in [1.29, 1.82) is 0 Å². The average molecular weight is 979 g/mol. The molecule has 4 atom stereocenters. The minimum Gasteiger partial charge on any atom is -0.459 e. The third-order valence-electron chi connectivity index (χ3n) is 11.4. The maximum Gasteiger partial charge on any atom is 0.348 e. The zero-order valence-electron chi connectivity index (χ0n) is 39.6. The van der Waals surface area contributed by atoms with Crippen molar-refractivity contribution in [3.05, 3.63) is 103 Å². The number of carbonyl (C=O) groups is 4. The molecule has 14 heteroatoms. The summed E-state index contributed by atoms with van der Waals surface area (Å²) in [5.74, 6) is -0.440. The third-order valence-corrected chi connectivity index (χ3v) is 13.5. The Morgan fingerprint density at radius 3 is 1.29 bits per heavy atom. The average Bonchev–Trinajstić information content (AvgIpc) is 4.12. The number of benzene rings is 2. The second-order valence-electron chi connectivity index (χ2n) is 17.6. The number of rotatable bonds is 24. The first-order valence-corrected chi connectivity index (χ1v) is 25.4. The van der Waals surface area contributed by atoms with Crippen LogP contribution in [0.2, 0.25) is 0 Å². The molecule has 2 aromatic carbocycles. The van der Waals surface area contributed by atoms with Gasteiger partial charge in [0.05, 0.1) is 62.9 Å². The van der Waals surface area contributed by atoms with Gasteiger partial charge < -0.3 is 39.0 Å². The highest BCUT2D eigenvalue weighted by molar-refractivity contribution is 7.14. The summed E-state index contributed by atoms with van der Waals surface area (Å²) in [6, 6.07) is 22.6. The van der Waals surface area contributed by atoms with E-state index in [0.717, 1.165) is 96.5 Å². The van der Waals surface area contributed by atoms with Gasteiger partial charge in [0.15, 0.2) is 0 Å². The molecule has 0 radical (unpaired) electrons. The van der Waals surface area contributed by atoms with Gasteiger partial charge in [-0.25, -0.2) is 9.59 Å². The quantitative estimate of drug-likeness (QED) is 0.0513. The zero-order chi connectivity index (χ0) is 47.6. The van der Waals surface area contributed by atoms with Crippen LogP contribution in [-0.4, -0.2) is 71.5 Å². The van der Waals surface area contributed by atoms with Crippen molar-refractivity contribution in [3.63, 3.8) is 0 Å². The van der Waals surface area contributed by atoms with E-state index in [0.29, 0.717) is 49.0 Å². The van der Waals surface area contributed by atoms with Crippen molar-refractivity contribution >= 4 is 57.8 Å². The molecule has 2 aliphatic rings. The van der Waals surface area contributed by atoms with Gasteiger partial charge in [-0.15, -0.1) is 22.7 Å². The van der Waals surface area contributed by atoms with E-state index in [9.17, 15) is 29.4 Å². The lowest BCUT2D eigenvalue weighted by molar-refractivity contribution is -0.118. The summed E-state index contributed by atoms with van der Waals surface area (Å²) in [4.78, 5) is 55.8. The number of unbranched alkanes of at least 4 members (excludes halogenated alkanes) is 4. The van der Waals surface area contributed by atoms with E-state index in [-0.39, 0.29) is 62.9 Å². The zero-order valence-corrected chi connectivity index (χ0v) is 41.2. The molecule has 0 unspecified atom stereocenters. The number of ether oxygens (including phenoxy) is 4. The Morgan fingerprint density at radius 2 is 0.956 bits per heavy atom. The number of aliphatic hydroxyl groups excluding tert-OH is 2. The molecule has 12 nitrogen and oxygen atoms in total. The molecule has 2 aromatic heterocycles. The van der Waals surface area contributed by atoms with Gasteiger partial charge in [0.25, 0.3) is 0 Å². The Balaban J connectivity index is 0.000000350. The molecular weight excluding hydrogens is 901 g/mol. The second-order valence-corrected chi connectivity index (χ2v) is 19.9. The van der Waals surface area contributed by atoms with E-state index in [1.54, 1.807) is 12.1 Å². The molecule has 2 saturated heterocycles. The van der Waals surface area contributed by atoms with Crippen LogP contribution in [0.25, 0.3) is 0 Å². The fraction of sp³-hybridized carbons (Fsp3) is 0.556. The van der Waals surface area contributed by atoms with Gasteiger partial charge in [-0.1, -0.05) is 91.5 Å². The first kappa shape index (κ1) is 57.9. The molecule has 0 bridgehead atoms. The van der Waals surface area contributed by atoms with Crippen LogP contribution in [0, 0.1) is 0 Å². The molecule has 376 valence electrons. The maximum absolute atomic E-state index is 12.5. The van der Waals surface area contributed by atoms with E-state index in [2.05, 4.69) is 13.8 Å². The Hall–Kier alpha value is -4.44. The fourth-order valence-electron chi connectivity index (χ4n) is 8.00. The highest BCUT2D eigenvalue weighted by Gasteiger charge is 2.34. The topological polar surface area (TPSA) is 152 Å². The fourth-order valence-corrected chi connectivity index (χ4v) is 9.66. The Labute approximate surface area is 414 Å². The molecule has 0 spiro atoms. The lowest BCUT2D eigenvalue weighted by Crippen LogP contribution is -2.36. The second kappa shape index (κ2) is 29.6. The monoisotopic (exact) mass is 979 g/mol. The van der Waals surface area contributed by atoms with Crippen LogP contribution in [0.15, 0.2) is 72.8 Å². The number of esters is 2. The molecule has 6 rings (SSSR count). The summed E-state index contributed by atoms with van der Waals surface area (Å²) in [7, 11) is 0. The van der Waals surface area contributed by atoms with Gasteiger partial charge >= 0.3 is 11.9 Å². The van der Waals surface area contributed by atoms with E-state index < -0.39 is 12.2 Å². The number of hydrogen-bond acceptors (Lipinski definition) is 12. The van der Waals surface area contributed by atoms with E-state index in [4.69, 9.17) is 18.9 Å². The third kappa shape index (κ3) is 17.5. The SMILES string of the molecule is C.C.CCCCC[C@@H](O)c1ccc(N2C(=O)CC[C@@H]2COCc2ccc(C(=O)OC(C)C)s2)cc1.CCCCC[C@H](O)c1ccc(N2C(=O)CC[C@@H]2COCc2ccc(C(=O)OC(C)C)s2)cc1. The molecule has 4 aromatic rings. The number of amides is 2. The molecule has 4 heterocycles.